The van der Waals surface area contributed by atoms with Crippen molar-refractivity contribution in [3.8, 4) is 5.69 Å². The molecule has 5 heterocycles. The molecule has 3 fully saturated rings. The molecule has 5 rings (SSSR count). The molecule has 3 aliphatic heterocycles. The molecule has 2 aromatic rings. The van der Waals surface area contributed by atoms with E-state index < -0.39 is 11.7 Å². The number of pyridine rings is 1. The van der Waals surface area contributed by atoms with E-state index >= 15 is 0 Å². The van der Waals surface area contributed by atoms with Crippen molar-refractivity contribution in [2.45, 2.75) is 37.5 Å². The average molecular weight is 421 g/mol. The van der Waals surface area contributed by atoms with Gasteiger partial charge in [-0.2, -0.15) is 18.3 Å². The van der Waals surface area contributed by atoms with Crippen LogP contribution in [0.15, 0.2) is 30.9 Å². The molecule has 2 aromatic heterocycles. The number of piperidine rings is 1. The van der Waals surface area contributed by atoms with E-state index in [0.717, 1.165) is 24.5 Å². The topological polar surface area (TPSA) is 63.5 Å². The summed E-state index contributed by atoms with van der Waals surface area (Å²) in [5, 5.41) is 3.90. The highest BCUT2D eigenvalue weighted by atomic mass is 19.4. The number of hydrogen-bond acceptors (Lipinski definition) is 5. The van der Waals surface area contributed by atoms with Gasteiger partial charge in [-0.1, -0.05) is 0 Å². The number of amides is 1. The number of aromatic nitrogens is 3. The first-order valence-electron chi connectivity index (χ1n) is 10.1. The molecule has 2 bridgehead atoms. The second kappa shape index (κ2) is 7.26. The number of ether oxygens (including phenoxy) is 1. The number of alkyl halides is 3. The molecule has 0 spiro atoms. The Bertz CT molecular complexity index is 925. The summed E-state index contributed by atoms with van der Waals surface area (Å²) in [6.45, 7) is 2.54. The van der Waals surface area contributed by atoms with E-state index in [-0.39, 0.29) is 23.9 Å². The third-order valence-corrected chi connectivity index (χ3v) is 6.33. The van der Waals surface area contributed by atoms with E-state index in [1.54, 1.807) is 12.3 Å². The number of halogens is 3. The van der Waals surface area contributed by atoms with Gasteiger partial charge in [0.2, 0.25) is 5.91 Å². The lowest BCUT2D eigenvalue weighted by Gasteiger charge is -2.53. The summed E-state index contributed by atoms with van der Waals surface area (Å²) in [5.74, 6) is 0.193. The second-order valence-corrected chi connectivity index (χ2v) is 8.12. The zero-order valence-corrected chi connectivity index (χ0v) is 16.3. The average Bonchev–Trinajstić information content (AvgIpc) is 3.25. The van der Waals surface area contributed by atoms with Crippen molar-refractivity contribution in [2.24, 2.45) is 5.92 Å². The van der Waals surface area contributed by atoms with Gasteiger partial charge in [-0.3, -0.25) is 9.78 Å². The SMILES string of the molecule is O=C(C1CCN(c2cnccc2-n2cc(C(F)(F)F)cn2)CC1)N1C2COCC1C2. The van der Waals surface area contributed by atoms with E-state index in [1.807, 2.05) is 4.90 Å². The quantitative estimate of drug-likeness (QED) is 0.762. The molecule has 2 unspecified atom stereocenters. The van der Waals surface area contributed by atoms with Crippen LogP contribution in [0, 0.1) is 5.92 Å². The standard InChI is InChI=1S/C20H22F3N5O2/c21-20(22,23)14-8-25-27(10-14)17-1-4-24-9-18(17)26-5-2-13(3-6-26)19(29)28-15-7-16(28)12-30-11-15/h1,4,8-10,13,15-16H,2-3,5-7,11-12H2. The predicted molar refractivity (Wildman–Crippen MR) is 101 cm³/mol. The van der Waals surface area contributed by atoms with Crippen molar-refractivity contribution in [3.05, 3.63) is 36.4 Å². The summed E-state index contributed by atoms with van der Waals surface area (Å²) in [7, 11) is 0. The molecule has 1 amide bonds. The second-order valence-electron chi connectivity index (χ2n) is 8.12. The maximum atomic E-state index is 13.0. The van der Waals surface area contributed by atoms with Crippen molar-refractivity contribution in [2.75, 3.05) is 31.2 Å². The van der Waals surface area contributed by atoms with Crippen LogP contribution in [0.5, 0.6) is 0 Å². The van der Waals surface area contributed by atoms with Crippen molar-refractivity contribution >= 4 is 11.6 Å². The minimum atomic E-state index is -4.44. The van der Waals surface area contributed by atoms with Gasteiger partial charge in [-0.25, -0.2) is 4.68 Å². The molecular weight excluding hydrogens is 399 g/mol. The highest BCUT2D eigenvalue weighted by Gasteiger charge is 2.47. The van der Waals surface area contributed by atoms with Crippen molar-refractivity contribution in [3.63, 3.8) is 0 Å². The summed E-state index contributed by atoms with van der Waals surface area (Å²) in [5.41, 5.74) is 0.466. The van der Waals surface area contributed by atoms with Crippen LogP contribution in [-0.4, -0.2) is 64.0 Å². The number of carbonyl (C=O) groups excluding carboxylic acids is 1. The minimum absolute atomic E-state index is 0.0219. The number of rotatable bonds is 3. The molecule has 160 valence electrons. The lowest BCUT2D eigenvalue weighted by atomic mass is 9.86. The van der Waals surface area contributed by atoms with Gasteiger partial charge >= 0.3 is 6.18 Å². The number of hydrogen-bond donors (Lipinski definition) is 0. The monoisotopic (exact) mass is 421 g/mol. The van der Waals surface area contributed by atoms with E-state index in [9.17, 15) is 18.0 Å². The first kappa shape index (κ1) is 19.3. The Labute approximate surface area is 171 Å². The first-order valence-corrected chi connectivity index (χ1v) is 10.1. The molecular formula is C20H22F3N5O2. The number of morpholine rings is 1. The fraction of sp³-hybridized carbons (Fsp3) is 0.550. The molecule has 0 aromatic carbocycles. The third-order valence-electron chi connectivity index (χ3n) is 6.33. The summed E-state index contributed by atoms with van der Waals surface area (Å²) < 4.78 is 45.6. The number of anilines is 1. The van der Waals surface area contributed by atoms with E-state index in [1.165, 1.54) is 10.9 Å². The number of nitrogens with zero attached hydrogens (tertiary/aromatic N) is 5. The van der Waals surface area contributed by atoms with Gasteiger partial charge in [0.1, 0.15) is 0 Å². The van der Waals surface area contributed by atoms with Gasteiger partial charge in [0.15, 0.2) is 0 Å². The number of fused-ring (bicyclic) bond motifs is 2. The summed E-state index contributed by atoms with van der Waals surface area (Å²) in [6, 6.07) is 2.10. The van der Waals surface area contributed by atoms with Gasteiger partial charge in [0.05, 0.1) is 54.6 Å². The Morgan fingerprint density at radius 3 is 2.47 bits per heavy atom. The largest absolute Gasteiger partial charge is 0.419 e. The molecule has 2 atom stereocenters. The molecule has 0 radical (unpaired) electrons. The maximum absolute atomic E-state index is 13.0. The van der Waals surface area contributed by atoms with Gasteiger partial charge in [0.25, 0.3) is 0 Å². The van der Waals surface area contributed by atoms with Crippen LogP contribution in [0.2, 0.25) is 0 Å². The molecule has 7 nitrogen and oxygen atoms in total. The molecule has 3 aliphatic rings. The van der Waals surface area contributed by atoms with Gasteiger partial charge in [0, 0.05) is 31.4 Å². The van der Waals surface area contributed by atoms with Crippen molar-refractivity contribution < 1.29 is 22.7 Å². The Balaban J connectivity index is 1.29. The summed E-state index contributed by atoms with van der Waals surface area (Å²) in [6.07, 6.45) is 2.99. The van der Waals surface area contributed by atoms with Crippen LogP contribution in [0.4, 0.5) is 18.9 Å². The molecule has 10 heteroatoms. The fourth-order valence-corrected chi connectivity index (χ4v) is 4.69. The van der Waals surface area contributed by atoms with Crippen LogP contribution in [-0.2, 0) is 15.7 Å². The zero-order valence-electron chi connectivity index (χ0n) is 16.3. The predicted octanol–water partition coefficient (Wildman–Crippen LogP) is 2.50. The lowest BCUT2D eigenvalue weighted by Crippen LogP contribution is -2.67. The van der Waals surface area contributed by atoms with Crippen LogP contribution in [0.1, 0.15) is 24.8 Å². The van der Waals surface area contributed by atoms with Crippen LogP contribution in [0.3, 0.4) is 0 Å². The Kier molecular flexibility index (Phi) is 4.68. The third kappa shape index (κ3) is 3.32. The molecule has 0 saturated carbocycles. The zero-order chi connectivity index (χ0) is 20.9. The van der Waals surface area contributed by atoms with Crippen LogP contribution < -0.4 is 4.90 Å². The molecule has 0 aliphatic carbocycles. The summed E-state index contributed by atoms with van der Waals surface area (Å²) in [4.78, 5) is 21.2. The van der Waals surface area contributed by atoms with E-state index in [0.29, 0.717) is 44.8 Å². The van der Waals surface area contributed by atoms with Gasteiger partial charge in [-0.05, 0) is 25.3 Å². The van der Waals surface area contributed by atoms with E-state index in [2.05, 4.69) is 15.0 Å². The van der Waals surface area contributed by atoms with Crippen molar-refractivity contribution in [1.82, 2.24) is 19.7 Å². The summed E-state index contributed by atoms with van der Waals surface area (Å²) >= 11 is 0. The Morgan fingerprint density at radius 1 is 1.10 bits per heavy atom. The molecule has 3 saturated heterocycles. The molecule has 0 N–H and O–H groups in total. The normalized spacial score (nSPS) is 24.6. The van der Waals surface area contributed by atoms with Crippen molar-refractivity contribution in [1.29, 1.82) is 0 Å². The first-order chi connectivity index (χ1) is 14.4. The highest BCUT2D eigenvalue weighted by molar-refractivity contribution is 5.81. The Morgan fingerprint density at radius 2 is 1.83 bits per heavy atom. The van der Waals surface area contributed by atoms with Gasteiger partial charge in [-0.15, -0.1) is 0 Å². The van der Waals surface area contributed by atoms with Crippen LogP contribution >= 0.6 is 0 Å². The minimum Gasteiger partial charge on any atom is -0.377 e. The van der Waals surface area contributed by atoms with E-state index in [4.69, 9.17) is 4.74 Å². The number of carbonyl (C=O) groups is 1. The smallest absolute Gasteiger partial charge is 0.377 e. The lowest BCUT2D eigenvalue weighted by molar-refractivity contribution is -0.172. The Hall–Kier alpha value is -2.62. The van der Waals surface area contributed by atoms with Crippen LogP contribution in [0.25, 0.3) is 5.69 Å². The van der Waals surface area contributed by atoms with Gasteiger partial charge < -0.3 is 14.5 Å². The fourth-order valence-electron chi connectivity index (χ4n) is 4.69. The highest BCUT2D eigenvalue weighted by Crippen LogP contribution is 2.36. The maximum Gasteiger partial charge on any atom is 0.419 e. The molecule has 30 heavy (non-hydrogen) atoms.